The summed E-state index contributed by atoms with van der Waals surface area (Å²) < 4.78 is 0. The first-order chi connectivity index (χ1) is 12.3. The monoisotopic (exact) mass is 366 g/mol. The summed E-state index contributed by atoms with van der Waals surface area (Å²) in [7, 11) is 2.97. The third kappa shape index (κ3) is 6.08. The molecule has 1 saturated heterocycles. The van der Waals surface area contributed by atoms with Crippen molar-refractivity contribution in [3.8, 4) is 0 Å². The number of β-amino-alcohol motifs (C(OH)–C–C–N with tert-alkyl or cyclic N) is 1. The fourth-order valence-corrected chi connectivity index (χ4v) is 2.63. The number of benzene rings is 1. The minimum atomic E-state index is -0.698. The molecule has 9 nitrogen and oxygen atoms in total. The summed E-state index contributed by atoms with van der Waals surface area (Å²) in [5.41, 5.74) is 4.88. The van der Waals surface area contributed by atoms with Gasteiger partial charge in [0.1, 0.15) is 5.69 Å². The van der Waals surface area contributed by atoms with Crippen LogP contribution >= 0.6 is 0 Å². The van der Waals surface area contributed by atoms with Gasteiger partial charge in [0, 0.05) is 32.3 Å². The zero-order valence-corrected chi connectivity index (χ0v) is 15.2. The van der Waals surface area contributed by atoms with Crippen molar-refractivity contribution in [3.05, 3.63) is 33.4 Å². The fraction of sp³-hybridized carbons (Fsp3) is 0.529. The van der Waals surface area contributed by atoms with Crippen molar-refractivity contribution >= 4 is 23.6 Å². The Balaban J connectivity index is 0.000000314. The highest BCUT2D eigenvalue weighted by Gasteiger charge is 2.21. The summed E-state index contributed by atoms with van der Waals surface area (Å²) in [6.45, 7) is 3.58. The smallest absolute Gasteiger partial charge is 0.292 e. The van der Waals surface area contributed by atoms with Gasteiger partial charge in [0.05, 0.1) is 17.1 Å². The van der Waals surface area contributed by atoms with Gasteiger partial charge < -0.3 is 20.6 Å². The number of carbonyl (C=O) groups is 2. The zero-order valence-electron chi connectivity index (χ0n) is 15.2. The molecule has 26 heavy (non-hydrogen) atoms. The number of nitrogen functional groups attached to an aromatic ring is 1. The van der Waals surface area contributed by atoms with E-state index in [1.54, 1.807) is 0 Å². The number of anilines is 1. The second-order valence-corrected chi connectivity index (χ2v) is 6.20. The Bertz CT molecular complexity index is 640. The Morgan fingerprint density at radius 3 is 2.42 bits per heavy atom. The summed E-state index contributed by atoms with van der Waals surface area (Å²) in [5.74, 6) is -0.491. The van der Waals surface area contributed by atoms with Crippen LogP contribution in [-0.2, 0) is 0 Å². The molecule has 1 aromatic rings. The number of hydrogen-bond acceptors (Lipinski definition) is 7. The van der Waals surface area contributed by atoms with Gasteiger partial charge in [-0.25, -0.2) is 0 Å². The van der Waals surface area contributed by atoms with E-state index in [9.17, 15) is 19.7 Å². The maximum Gasteiger partial charge on any atom is 0.292 e. The molecule has 0 saturated carbocycles. The van der Waals surface area contributed by atoms with Crippen molar-refractivity contribution in [1.82, 2.24) is 9.80 Å². The van der Waals surface area contributed by atoms with Gasteiger partial charge in [-0.3, -0.25) is 19.7 Å². The SMILES string of the molecule is CN(C)C(=O)c1cc([N+](=O)[O-])c(N)cc1C=O.OCCN1CCCCC1. The van der Waals surface area contributed by atoms with Gasteiger partial charge in [0.25, 0.3) is 11.6 Å². The second kappa shape index (κ2) is 10.5. The predicted molar refractivity (Wildman–Crippen MR) is 98.3 cm³/mol. The van der Waals surface area contributed by atoms with E-state index in [1.807, 2.05) is 0 Å². The third-order valence-electron chi connectivity index (χ3n) is 4.02. The van der Waals surface area contributed by atoms with Gasteiger partial charge in [-0.2, -0.15) is 0 Å². The van der Waals surface area contributed by atoms with Crippen molar-refractivity contribution < 1.29 is 19.6 Å². The Labute approximate surface area is 152 Å². The molecule has 144 valence electrons. The number of rotatable bonds is 5. The maximum atomic E-state index is 11.7. The minimum absolute atomic E-state index is 0.0341. The van der Waals surface area contributed by atoms with E-state index in [2.05, 4.69) is 4.90 Å². The molecule has 1 aromatic carbocycles. The van der Waals surface area contributed by atoms with E-state index in [0.29, 0.717) is 12.9 Å². The quantitative estimate of drug-likeness (QED) is 0.346. The predicted octanol–water partition coefficient (Wildman–Crippen LogP) is 1.16. The Hall–Kier alpha value is -2.52. The Morgan fingerprint density at radius 1 is 1.35 bits per heavy atom. The average Bonchev–Trinajstić information content (AvgIpc) is 2.62. The minimum Gasteiger partial charge on any atom is -0.395 e. The molecule has 1 fully saturated rings. The number of hydrogen-bond donors (Lipinski definition) is 2. The fourth-order valence-electron chi connectivity index (χ4n) is 2.63. The van der Waals surface area contributed by atoms with Crippen LogP contribution in [0.3, 0.4) is 0 Å². The lowest BCUT2D eigenvalue weighted by Crippen LogP contribution is -2.31. The molecule has 3 N–H and O–H groups in total. The number of nitrogens with zero attached hydrogens (tertiary/aromatic N) is 3. The lowest BCUT2D eigenvalue weighted by atomic mass is 10.1. The van der Waals surface area contributed by atoms with Gasteiger partial charge in [0.15, 0.2) is 6.29 Å². The molecule has 1 aliphatic heterocycles. The van der Waals surface area contributed by atoms with Gasteiger partial charge >= 0.3 is 0 Å². The molecule has 0 radical (unpaired) electrons. The van der Waals surface area contributed by atoms with Crippen LogP contribution in [0.4, 0.5) is 11.4 Å². The Morgan fingerprint density at radius 2 is 1.96 bits per heavy atom. The molecule has 9 heteroatoms. The second-order valence-electron chi connectivity index (χ2n) is 6.20. The summed E-state index contributed by atoms with van der Waals surface area (Å²) >= 11 is 0. The number of aliphatic hydroxyl groups is 1. The highest BCUT2D eigenvalue weighted by atomic mass is 16.6. The summed E-state index contributed by atoms with van der Waals surface area (Å²) in [4.78, 5) is 36.0. The van der Waals surface area contributed by atoms with Crippen molar-refractivity contribution in [2.24, 2.45) is 0 Å². The highest BCUT2D eigenvalue weighted by Crippen LogP contribution is 2.25. The van der Waals surface area contributed by atoms with E-state index in [4.69, 9.17) is 10.8 Å². The summed E-state index contributed by atoms with van der Waals surface area (Å²) in [6, 6.07) is 2.14. The largest absolute Gasteiger partial charge is 0.395 e. The first kappa shape index (κ1) is 21.5. The topological polar surface area (TPSA) is 130 Å². The lowest BCUT2D eigenvalue weighted by molar-refractivity contribution is -0.383. The molecule has 1 heterocycles. The number of nitro groups is 1. The molecule has 0 bridgehead atoms. The van der Waals surface area contributed by atoms with Gasteiger partial charge in [0.2, 0.25) is 0 Å². The number of piperidine rings is 1. The number of likely N-dealkylation sites (tertiary alicyclic amines) is 1. The number of amides is 1. The third-order valence-corrected chi connectivity index (χ3v) is 4.02. The standard InChI is InChI=1S/C10H11N3O4.C7H15NO/c1-12(2)10(15)7-4-9(13(16)17)8(11)3-6(7)5-14;9-7-6-8-4-2-1-3-5-8/h3-5H,11H2,1-2H3;9H,1-7H2. The molecular formula is C17H26N4O5. The van der Waals surface area contributed by atoms with Crippen LogP contribution in [0.15, 0.2) is 12.1 Å². The average molecular weight is 366 g/mol. The van der Waals surface area contributed by atoms with E-state index >= 15 is 0 Å². The van der Waals surface area contributed by atoms with Crippen molar-refractivity contribution in [2.45, 2.75) is 19.3 Å². The van der Waals surface area contributed by atoms with Crippen LogP contribution in [0.1, 0.15) is 40.0 Å². The molecule has 0 aromatic heterocycles. The Kier molecular flexibility index (Phi) is 8.66. The van der Waals surface area contributed by atoms with Crippen molar-refractivity contribution in [1.29, 1.82) is 0 Å². The van der Waals surface area contributed by atoms with Crippen LogP contribution in [0, 0.1) is 10.1 Å². The van der Waals surface area contributed by atoms with Crippen LogP contribution in [0.5, 0.6) is 0 Å². The van der Waals surface area contributed by atoms with Crippen LogP contribution in [0.2, 0.25) is 0 Å². The number of nitrogens with two attached hydrogens (primary N) is 1. The lowest BCUT2D eigenvalue weighted by Gasteiger charge is -2.25. The molecule has 2 rings (SSSR count). The molecule has 1 aliphatic rings. The van der Waals surface area contributed by atoms with E-state index in [0.717, 1.165) is 18.7 Å². The van der Waals surface area contributed by atoms with Crippen molar-refractivity contribution in [2.75, 3.05) is 46.1 Å². The molecular weight excluding hydrogens is 340 g/mol. The van der Waals surface area contributed by atoms with E-state index in [1.165, 1.54) is 51.3 Å². The van der Waals surface area contributed by atoms with Crippen LogP contribution in [0.25, 0.3) is 0 Å². The van der Waals surface area contributed by atoms with E-state index in [-0.39, 0.29) is 22.5 Å². The maximum absolute atomic E-state index is 11.7. The van der Waals surface area contributed by atoms with Gasteiger partial charge in [-0.05, 0) is 32.0 Å². The number of aldehydes is 1. The summed E-state index contributed by atoms with van der Waals surface area (Å²) in [5, 5.41) is 19.3. The molecule has 0 unspecified atom stereocenters. The van der Waals surface area contributed by atoms with E-state index < -0.39 is 10.8 Å². The molecule has 0 aliphatic carbocycles. The first-order valence-electron chi connectivity index (χ1n) is 8.39. The normalized spacial score (nSPS) is 14.1. The van der Waals surface area contributed by atoms with Crippen LogP contribution < -0.4 is 5.73 Å². The van der Waals surface area contributed by atoms with Crippen LogP contribution in [-0.4, -0.2) is 72.4 Å². The zero-order chi connectivity index (χ0) is 19.7. The first-order valence-corrected chi connectivity index (χ1v) is 8.39. The van der Waals surface area contributed by atoms with Gasteiger partial charge in [-0.1, -0.05) is 6.42 Å². The molecule has 0 spiro atoms. The number of carbonyl (C=O) groups excluding carboxylic acids is 2. The summed E-state index contributed by atoms with van der Waals surface area (Å²) in [6.07, 6.45) is 4.46. The van der Waals surface area contributed by atoms with Crippen molar-refractivity contribution in [3.63, 3.8) is 0 Å². The number of aliphatic hydroxyl groups excluding tert-OH is 1. The number of nitro benzene ring substituents is 1. The molecule has 1 amide bonds. The van der Waals surface area contributed by atoms with Gasteiger partial charge in [-0.15, -0.1) is 0 Å². The molecule has 0 atom stereocenters. The highest BCUT2D eigenvalue weighted by molar-refractivity contribution is 6.02.